The molecule has 0 saturated carbocycles. The summed E-state index contributed by atoms with van der Waals surface area (Å²) in [5.74, 6) is 1.13. The summed E-state index contributed by atoms with van der Waals surface area (Å²) < 4.78 is 7.03. The van der Waals surface area contributed by atoms with Gasteiger partial charge in [-0.05, 0) is 48.4 Å². The highest BCUT2D eigenvalue weighted by molar-refractivity contribution is 9.10. The van der Waals surface area contributed by atoms with Crippen molar-refractivity contribution in [3.05, 3.63) is 87.4 Å². The van der Waals surface area contributed by atoms with Gasteiger partial charge in [0.05, 0.1) is 0 Å². The van der Waals surface area contributed by atoms with Gasteiger partial charge in [-0.3, -0.25) is 4.79 Å². The minimum atomic E-state index is 0.0226. The molecular weight excluding hydrogens is 476 g/mol. The van der Waals surface area contributed by atoms with Gasteiger partial charge >= 0.3 is 0 Å². The molecule has 0 aliphatic carbocycles. The van der Waals surface area contributed by atoms with Crippen molar-refractivity contribution in [3.8, 4) is 5.75 Å². The second-order valence-electron chi connectivity index (χ2n) is 7.71. The Bertz CT molecular complexity index is 1040. The van der Waals surface area contributed by atoms with Gasteiger partial charge in [0.15, 0.2) is 0 Å². The van der Waals surface area contributed by atoms with E-state index in [-0.39, 0.29) is 5.91 Å². The second-order valence-corrected chi connectivity index (χ2v) is 9.04. The molecule has 3 rings (SSSR count). The predicted octanol–water partition coefficient (Wildman–Crippen LogP) is 7.28. The number of carbonyl (C=O) groups excluding carboxylic acids is 1. The number of hydrogen-bond donors (Lipinski definition) is 2. The molecule has 0 aliphatic heterocycles. The highest BCUT2D eigenvalue weighted by atomic mass is 79.9. The van der Waals surface area contributed by atoms with Gasteiger partial charge in [0.25, 0.3) is 0 Å². The van der Waals surface area contributed by atoms with Gasteiger partial charge in [-0.1, -0.05) is 65.6 Å². The number of rotatable bonds is 9. The number of anilines is 2. The summed E-state index contributed by atoms with van der Waals surface area (Å²) in [6.45, 7) is 5.02. The molecule has 0 radical (unpaired) electrons. The van der Waals surface area contributed by atoms with Gasteiger partial charge < -0.3 is 15.4 Å². The maximum absolute atomic E-state index is 12.0. The zero-order valence-electron chi connectivity index (χ0n) is 17.6. The molecule has 2 N–H and O–H groups in total. The fourth-order valence-electron chi connectivity index (χ4n) is 3.08. The number of hydrogen-bond acceptors (Lipinski definition) is 3. The summed E-state index contributed by atoms with van der Waals surface area (Å²) in [5.41, 5.74) is 3.64. The lowest BCUT2D eigenvalue weighted by atomic mass is 10.1. The van der Waals surface area contributed by atoms with Crippen LogP contribution in [0.2, 0.25) is 5.02 Å². The summed E-state index contributed by atoms with van der Waals surface area (Å²) in [6.07, 6.45) is 0.502. The van der Waals surface area contributed by atoms with Crippen LogP contribution in [0.5, 0.6) is 5.75 Å². The lowest BCUT2D eigenvalue weighted by Crippen LogP contribution is -2.14. The summed E-state index contributed by atoms with van der Waals surface area (Å²) >= 11 is 9.78. The van der Waals surface area contributed by atoms with Crippen molar-refractivity contribution in [3.63, 3.8) is 0 Å². The molecule has 4 nitrogen and oxygen atoms in total. The maximum Gasteiger partial charge on any atom is 0.224 e. The van der Waals surface area contributed by atoms with Gasteiger partial charge in [0, 0.05) is 45.0 Å². The van der Waals surface area contributed by atoms with Crippen LogP contribution >= 0.6 is 27.5 Å². The van der Waals surface area contributed by atoms with Crippen molar-refractivity contribution < 1.29 is 9.53 Å². The normalized spacial score (nSPS) is 10.7. The fraction of sp³-hybridized carbons (Fsp3) is 0.240. The number of carbonyl (C=O) groups is 1. The van der Waals surface area contributed by atoms with Crippen LogP contribution in [0.15, 0.2) is 71.2 Å². The molecule has 0 aliphatic rings. The Kier molecular flexibility index (Phi) is 8.38. The first-order valence-corrected chi connectivity index (χ1v) is 11.4. The number of halogens is 2. The number of benzene rings is 3. The van der Waals surface area contributed by atoms with Crippen LogP contribution in [0, 0.1) is 5.92 Å². The van der Waals surface area contributed by atoms with Gasteiger partial charge in [0.1, 0.15) is 12.4 Å². The Morgan fingerprint density at radius 2 is 1.77 bits per heavy atom. The molecule has 0 unspecified atom stereocenters. The summed E-state index contributed by atoms with van der Waals surface area (Å²) in [7, 11) is 0. The van der Waals surface area contributed by atoms with Crippen molar-refractivity contribution in [1.29, 1.82) is 0 Å². The quantitative estimate of drug-likeness (QED) is 0.324. The zero-order chi connectivity index (χ0) is 22.2. The van der Waals surface area contributed by atoms with E-state index in [2.05, 4.69) is 26.6 Å². The van der Waals surface area contributed by atoms with E-state index in [4.69, 9.17) is 16.3 Å². The number of amides is 1. The molecule has 0 aromatic heterocycles. The van der Waals surface area contributed by atoms with Crippen LogP contribution < -0.4 is 15.4 Å². The fourth-order valence-corrected chi connectivity index (χ4v) is 3.68. The van der Waals surface area contributed by atoms with Crippen LogP contribution in [-0.2, 0) is 17.9 Å². The van der Waals surface area contributed by atoms with Crippen LogP contribution in [0.3, 0.4) is 0 Å². The Morgan fingerprint density at radius 3 is 2.55 bits per heavy atom. The first-order valence-electron chi connectivity index (χ1n) is 10.2. The van der Waals surface area contributed by atoms with Crippen LogP contribution in [0.25, 0.3) is 0 Å². The summed E-state index contributed by atoms with van der Waals surface area (Å²) in [5, 5.41) is 7.06. The van der Waals surface area contributed by atoms with E-state index in [9.17, 15) is 4.79 Å². The topological polar surface area (TPSA) is 50.4 Å². The van der Waals surface area contributed by atoms with Crippen molar-refractivity contribution in [2.45, 2.75) is 33.4 Å². The van der Waals surface area contributed by atoms with Gasteiger partial charge in [0.2, 0.25) is 5.91 Å². The average molecular weight is 502 g/mol. The minimum Gasteiger partial charge on any atom is -0.488 e. The van der Waals surface area contributed by atoms with E-state index in [1.165, 1.54) is 0 Å². The first-order chi connectivity index (χ1) is 14.9. The largest absolute Gasteiger partial charge is 0.488 e. The molecule has 6 heteroatoms. The van der Waals surface area contributed by atoms with E-state index in [0.717, 1.165) is 32.7 Å². The lowest BCUT2D eigenvalue weighted by molar-refractivity contribution is -0.116. The van der Waals surface area contributed by atoms with Crippen molar-refractivity contribution in [2.24, 2.45) is 5.92 Å². The highest BCUT2D eigenvalue weighted by Crippen LogP contribution is 2.27. The molecule has 3 aromatic rings. The first kappa shape index (κ1) is 23.2. The molecule has 0 spiro atoms. The Labute approximate surface area is 197 Å². The van der Waals surface area contributed by atoms with Crippen LogP contribution in [0.4, 0.5) is 11.4 Å². The third-order valence-corrected chi connectivity index (χ3v) is 5.45. The smallest absolute Gasteiger partial charge is 0.224 e. The van der Waals surface area contributed by atoms with E-state index < -0.39 is 0 Å². The molecule has 0 saturated heterocycles. The van der Waals surface area contributed by atoms with E-state index in [1.54, 1.807) is 0 Å². The van der Waals surface area contributed by atoms with Crippen LogP contribution in [0.1, 0.15) is 31.4 Å². The minimum absolute atomic E-state index is 0.0226. The predicted molar refractivity (Wildman–Crippen MR) is 132 cm³/mol. The van der Waals surface area contributed by atoms with E-state index in [1.807, 2.05) is 80.6 Å². The van der Waals surface area contributed by atoms with Gasteiger partial charge in [-0.2, -0.15) is 0 Å². The molecule has 0 heterocycles. The molecule has 3 aromatic carbocycles. The Balaban J connectivity index is 1.66. The lowest BCUT2D eigenvalue weighted by Gasteiger charge is -2.15. The highest BCUT2D eigenvalue weighted by Gasteiger charge is 2.09. The standard InChI is InChI=1S/C25H26BrClN2O2/c1-17(2)12-25(30)29-22-8-5-7-21(14-22)28-15-19-13-20(26)10-11-24(19)31-16-18-6-3-4-9-23(18)27/h3-11,13-14,17,28H,12,15-16H2,1-2H3,(H,29,30). The molecule has 162 valence electrons. The molecule has 31 heavy (non-hydrogen) atoms. The summed E-state index contributed by atoms with van der Waals surface area (Å²) in [4.78, 5) is 12.0. The summed E-state index contributed by atoms with van der Waals surface area (Å²) in [6, 6.07) is 21.3. The zero-order valence-corrected chi connectivity index (χ0v) is 20.0. The third kappa shape index (κ3) is 7.30. The SMILES string of the molecule is CC(C)CC(=O)Nc1cccc(NCc2cc(Br)ccc2OCc2ccccc2Cl)c1. The van der Waals surface area contributed by atoms with Crippen LogP contribution in [-0.4, -0.2) is 5.91 Å². The van der Waals surface area contributed by atoms with E-state index >= 15 is 0 Å². The van der Waals surface area contributed by atoms with Crippen molar-refractivity contribution in [1.82, 2.24) is 0 Å². The molecule has 0 bridgehead atoms. The van der Waals surface area contributed by atoms with Gasteiger partial charge in [-0.15, -0.1) is 0 Å². The van der Waals surface area contributed by atoms with Crippen molar-refractivity contribution >= 4 is 44.8 Å². The maximum atomic E-state index is 12.0. The van der Waals surface area contributed by atoms with E-state index in [0.29, 0.717) is 30.5 Å². The van der Waals surface area contributed by atoms with Gasteiger partial charge in [-0.25, -0.2) is 0 Å². The molecular formula is C25H26BrClN2O2. The number of nitrogens with one attached hydrogen (secondary N) is 2. The molecule has 0 fully saturated rings. The average Bonchev–Trinajstić information content (AvgIpc) is 2.72. The third-order valence-electron chi connectivity index (χ3n) is 4.59. The number of ether oxygens (including phenoxy) is 1. The second kappa shape index (κ2) is 11.2. The Morgan fingerprint density at radius 1 is 1.00 bits per heavy atom. The molecule has 0 atom stereocenters. The monoisotopic (exact) mass is 500 g/mol. The van der Waals surface area contributed by atoms with Crippen molar-refractivity contribution in [2.75, 3.05) is 10.6 Å². The Hall–Kier alpha value is -2.50. The molecule has 1 amide bonds.